The number of rotatable bonds is 5. The molecule has 0 aliphatic heterocycles. The molecular weight excluding hydrogens is 359 g/mol. The van der Waals surface area contributed by atoms with E-state index in [0.29, 0.717) is 27.0 Å². The van der Waals surface area contributed by atoms with Gasteiger partial charge in [0.15, 0.2) is 0 Å². The second-order valence-electron chi connectivity index (χ2n) is 5.45. The number of carbonyl (C=O) groups is 1. The van der Waals surface area contributed by atoms with Gasteiger partial charge >= 0.3 is 0 Å². The first-order valence-electron chi connectivity index (χ1n) is 7.54. The van der Waals surface area contributed by atoms with Gasteiger partial charge in [0.1, 0.15) is 17.4 Å². The predicted molar refractivity (Wildman–Crippen MR) is 101 cm³/mol. The Morgan fingerprint density at radius 2 is 1.96 bits per heavy atom. The monoisotopic (exact) mass is 374 g/mol. The van der Waals surface area contributed by atoms with Gasteiger partial charge in [0, 0.05) is 10.6 Å². The quantitative estimate of drug-likeness (QED) is 0.568. The van der Waals surface area contributed by atoms with Crippen molar-refractivity contribution in [2.75, 3.05) is 5.32 Å². The molecule has 0 atom stereocenters. The average molecular weight is 375 g/mol. The lowest BCUT2D eigenvalue weighted by Gasteiger charge is -2.12. The van der Waals surface area contributed by atoms with Gasteiger partial charge in [-0.15, -0.1) is 0 Å². The minimum atomic E-state index is -0.578. The van der Waals surface area contributed by atoms with Crippen LogP contribution in [0.15, 0.2) is 48.0 Å². The molecule has 0 fully saturated rings. The van der Waals surface area contributed by atoms with Gasteiger partial charge in [0.05, 0.1) is 16.8 Å². The number of anilines is 1. The van der Waals surface area contributed by atoms with Crippen molar-refractivity contribution in [3.05, 3.63) is 63.6 Å². The summed E-state index contributed by atoms with van der Waals surface area (Å²) in [6, 6.07) is 13.8. The van der Waals surface area contributed by atoms with Crippen LogP contribution in [0.5, 0.6) is 5.75 Å². The fraction of sp³-hybridized carbons (Fsp3) is 0.158. The lowest BCUT2D eigenvalue weighted by atomic mass is 10.1. The second kappa shape index (κ2) is 8.57. The van der Waals surface area contributed by atoms with E-state index in [4.69, 9.17) is 27.9 Å². The molecule has 0 radical (unpaired) electrons. The minimum Gasteiger partial charge on any atom is -0.490 e. The number of nitriles is 1. The number of ether oxygens (including phenoxy) is 1. The number of nitrogens with zero attached hydrogens (tertiary/aromatic N) is 1. The molecule has 0 aromatic heterocycles. The zero-order chi connectivity index (χ0) is 18.4. The van der Waals surface area contributed by atoms with Crippen LogP contribution in [0.1, 0.15) is 19.4 Å². The zero-order valence-electron chi connectivity index (χ0n) is 13.7. The van der Waals surface area contributed by atoms with Gasteiger partial charge in [-0.3, -0.25) is 4.79 Å². The lowest BCUT2D eigenvalue weighted by Crippen LogP contribution is -2.14. The van der Waals surface area contributed by atoms with Crippen molar-refractivity contribution in [2.45, 2.75) is 20.0 Å². The highest BCUT2D eigenvalue weighted by Gasteiger charge is 2.13. The van der Waals surface area contributed by atoms with Crippen LogP contribution in [0.25, 0.3) is 6.08 Å². The molecule has 6 heteroatoms. The molecule has 1 N–H and O–H groups in total. The number of carbonyl (C=O) groups excluding carboxylic acids is 1. The first-order valence-corrected chi connectivity index (χ1v) is 8.30. The Balaban J connectivity index is 2.30. The van der Waals surface area contributed by atoms with E-state index in [1.165, 1.54) is 12.1 Å². The number of hydrogen-bond acceptors (Lipinski definition) is 3. The van der Waals surface area contributed by atoms with Gasteiger partial charge in [-0.05, 0) is 44.2 Å². The SMILES string of the molecule is CC(C)Oc1ccccc1/C=C(\C#N)C(=O)Nc1cc(Cl)ccc1Cl. The summed E-state index contributed by atoms with van der Waals surface area (Å²) < 4.78 is 5.70. The fourth-order valence-electron chi connectivity index (χ4n) is 2.05. The third kappa shape index (κ3) is 5.25. The normalized spacial score (nSPS) is 11.1. The van der Waals surface area contributed by atoms with Crippen LogP contribution < -0.4 is 10.1 Å². The fourth-order valence-corrected chi connectivity index (χ4v) is 2.38. The molecule has 0 bridgehead atoms. The molecule has 128 valence electrons. The Morgan fingerprint density at radius 1 is 1.24 bits per heavy atom. The van der Waals surface area contributed by atoms with Crippen molar-refractivity contribution < 1.29 is 9.53 Å². The Bertz CT molecular complexity index is 855. The van der Waals surface area contributed by atoms with Crippen molar-refractivity contribution in [3.63, 3.8) is 0 Å². The van der Waals surface area contributed by atoms with Gasteiger partial charge in [0.2, 0.25) is 0 Å². The number of para-hydroxylation sites is 1. The third-order valence-electron chi connectivity index (χ3n) is 3.12. The molecular formula is C19H16Cl2N2O2. The number of amides is 1. The Hall–Kier alpha value is -2.48. The van der Waals surface area contributed by atoms with Gasteiger partial charge in [-0.25, -0.2) is 0 Å². The summed E-state index contributed by atoms with van der Waals surface area (Å²) in [4.78, 5) is 12.4. The summed E-state index contributed by atoms with van der Waals surface area (Å²) in [5.74, 6) is 0.0184. The van der Waals surface area contributed by atoms with Gasteiger partial charge in [-0.2, -0.15) is 5.26 Å². The molecule has 0 aliphatic carbocycles. The van der Waals surface area contributed by atoms with Gasteiger partial charge in [-0.1, -0.05) is 41.4 Å². The molecule has 4 nitrogen and oxygen atoms in total. The maximum atomic E-state index is 12.4. The second-order valence-corrected chi connectivity index (χ2v) is 6.30. The van der Waals surface area contributed by atoms with Gasteiger partial charge < -0.3 is 10.1 Å². The molecule has 0 saturated heterocycles. The molecule has 2 aromatic rings. The maximum Gasteiger partial charge on any atom is 0.266 e. The first kappa shape index (κ1) is 18.9. The molecule has 0 heterocycles. The minimum absolute atomic E-state index is 0.0285. The summed E-state index contributed by atoms with van der Waals surface area (Å²) in [6.07, 6.45) is 1.45. The number of nitrogens with one attached hydrogen (secondary N) is 1. The Morgan fingerprint density at radius 3 is 2.64 bits per heavy atom. The average Bonchev–Trinajstić information content (AvgIpc) is 2.56. The number of halogens is 2. The Kier molecular flexibility index (Phi) is 6.46. The summed E-state index contributed by atoms with van der Waals surface area (Å²) in [5, 5.41) is 12.7. The largest absolute Gasteiger partial charge is 0.490 e. The highest BCUT2D eigenvalue weighted by molar-refractivity contribution is 6.36. The van der Waals surface area contributed by atoms with Crippen LogP contribution in [0.3, 0.4) is 0 Å². The zero-order valence-corrected chi connectivity index (χ0v) is 15.2. The summed E-state index contributed by atoms with van der Waals surface area (Å²) in [6.45, 7) is 3.80. The smallest absolute Gasteiger partial charge is 0.266 e. The summed E-state index contributed by atoms with van der Waals surface area (Å²) in [7, 11) is 0. The van der Waals surface area contributed by atoms with Crippen molar-refractivity contribution in [1.29, 1.82) is 5.26 Å². The van der Waals surface area contributed by atoms with E-state index >= 15 is 0 Å². The molecule has 0 unspecified atom stereocenters. The summed E-state index contributed by atoms with van der Waals surface area (Å²) >= 11 is 11.9. The molecule has 2 rings (SSSR count). The standard InChI is InChI=1S/C19H16Cl2N2O2/c1-12(2)25-18-6-4-3-5-13(18)9-14(11-22)19(24)23-17-10-15(20)7-8-16(17)21/h3-10,12H,1-2H3,(H,23,24)/b14-9+. The predicted octanol–water partition coefficient (Wildman–Crippen LogP) is 5.33. The van der Waals surface area contributed by atoms with E-state index in [2.05, 4.69) is 5.32 Å². The molecule has 0 spiro atoms. The van der Waals surface area contributed by atoms with Crippen molar-refractivity contribution in [3.8, 4) is 11.8 Å². The molecule has 25 heavy (non-hydrogen) atoms. The lowest BCUT2D eigenvalue weighted by molar-refractivity contribution is -0.112. The van der Waals surface area contributed by atoms with Crippen LogP contribution in [-0.4, -0.2) is 12.0 Å². The summed E-state index contributed by atoms with van der Waals surface area (Å²) in [5.41, 5.74) is 0.906. The van der Waals surface area contributed by atoms with E-state index in [0.717, 1.165) is 0 Å². The van der Waals surface area contributed by atoms with Crippen LogP contribution in [-0.2, 0) is 4.79 Å². The topological polar surface area (TPSA) is 62.1 Å². The number of benzene rings is 2. The van der Waals surface area contributed by atoms with Crippen molar-refractivity contribution >= 4 is 40.9 Å². The van der Waals surface area contributed by atoms with E-state index in [-0.39, 0.29) is 11.7 Å². The molecule has 1 amide bonds. The van der Waals surface area contributed by atoms with Gasteiger partial charge in [0.25, 0.3) is 5.91 Å². The highest BCUT2D eigenvalue weighted by atomic mass is 35.5. The molecule has 0 saturated carbocycles. The Labute approximate surface area is 156 Å². The van der Waals surface area contributed by atoms with E-state index in [1.54, 1.807) is 30.3 Å². The van der Waals surface area contributed by atoms with E-state index in [9.17, 15) is 10.1 Å². The van der Waals surface area contributed by atoms with Crippen LogP contribution >= 0.6 is 23.2 Å². The van der Waals surface area contributed by atoms with E-state index in [1.807, 2.05) is 26.0 Å². The van der Waals surface area contributed by atoms with Crippen molar-refractivity contribution in [1.82, 2.24) is 0 Å². The molecule has 2 aromatic carbocycles. The molecule has 0 aliphatic rings. The first-order chi connectivity index (χ1) is 11.9. The number of hydrogen-bond donors (Lipinski definition) is 1. The highest BCUT2D eigenvalue weighted by Crippen LogP contribution is 2.27. The van der Waals surface area contributed by atoms with Crippen LogP contribution in [0.2, 0.25) is 10.0 Å². The van der Waals surface area contributed by atoms with E-state index < -0.39 is 5.91 Å². The third-order valence-corrected chi connectivity index (χ3v) is 3.69. The van der Waals surface area contributed by atoms with Crippen LogP contribution in [0, 0.1) is 11.3 Å². The van der Waals surface area contributed by atoms with Crippen LogP contribution in [0.4, 0.5) is 5.69 Å². The maximum absolute atomic E-state index is 12.4. The van der Waals surface area contributed by atoms with Crippen molar-refractivity contribution in [2.24, 2.45) is 0 Å².